The molecule has 0 spiro atoms. The van der Waals surface area contributed by atoms with Crippen molar-refractivity contribution in [1.29, 1.82) is 0 Å². The Morgan fingerprint density at radius 2 is 1.49 bits per heavy atom. The predicted octanol–water partition coefficient (Wildman–Crippen LogP) is 10.3. The lowest BCUT2D eigenvalue weighted by molar-refractivity contribution is 0.419. The van der Waals surface area contributed by atoms with Gasteiger partial charge in [0.15, 0.2) is 0 Å². The molecule has 6 heterocycles. The molecule has 0 saturated carbocycles. The number of para-hydroxylation sites is 1. The number of furan rings is 3. The number of hydrogen-bond acceptors (Lipinski definition) is 7. The van der Waals surface area contributed by atoms with Gasteiger partial charge in [0.05, 0.1) is 25.0 Å². The van der Waals surface area contributed by atoms with Gasteiger partial charge in [0.2, 0.25) is 0 Å². The lowest BCUT2D eigenvalue weighted by Gasteiger charge is -1.82. The molecule has 1 aromatic carbocycles. The quantitative estimate of drug-likeness (QED) is 0.180. The largest absolute Gasteiger partial charge is 0.472 e. The van der Waals surface area contributed by atoms with Gasteiger partial charge >= 0.3 is 0 Å². The molecule has 0 aliphatic carbocycles. The Morgan fingerprint density at radius 3 is 1.83 bits per heavy atom. The monoisotopic (exact) mass is 570 g/mol. The van der Waals surface area contributed by atoms with Crippen LogP contribution in [0.15, 0.2) is 139 Å². The molecule has 7 rings (SSSR count). The van der Waals surface area contributed by atoms with Gasteiger partial charge in [-0.1, -0.05) is 29.4 Å². The van der Waals surface area contributed by atoms with E-state index in [-0.39, 0.29) is 0 Å². The number of hydrogen-bond donors (Lipinski definition) is 0. The minimum Gasteiger partial charge on any atom is -0.472 e. The van der Waals surface area contributed by atoms with Gasteiger partial charge in [0.1, 0.15) is 23.4 Å². The van der Waals surface area contributed by atoms with Crippen LogP contribution in [-0.2, 0) is 0 Å². The number of aryl methyl sites for hydroxylation is 6. The molecule has 0 amide bonds. The van der Waals surface area contributed by atoms with Gasteiger partial charge < -0.3 is 17.8 Å². The van der Waals surface area contributed by atoms with Crippen molar-refractivity contribution in [2.75, 3.05) is 0 Å². The third kappa shape index (κ3) is 15.5. The van der Waals surface area contributed by atoms with Crippen LogP contribution < -0.4 is 0 Å². The number of pyridine rings is 1. The van der Waals surface area contributed by atoms with E-state index in [9.17, 15) is 0 Å². The van der Waals surface area contributed by atoms with Gasteiger partial charge in [0.25, 0.3) is 0 Å². The van der Waals surface area contributed by atoms with Crippen LogP contribution in [0.25, 0.3) is 11.0 Å². The summed E-state index contributed by atoms with van der Waals surface area (Å²) >= 11 is 1.74. The van der Waals surface area contributed by atoms with Crippen molar-refractivity contribution in [2.24, 2.45) is 0 Å². The topological polar surface area (TPSA) is 78.3 Å². The van der Waals surface area contributed by atoms with Crippen molar-refractivity contribution in [3.63, 3.8) is 0 Å². The maximum absolute atomic E-state index is 5.37. The number of benzene rings is 1. The molecule has 7 heteroatoms. The van der Waals surface area contributed by atoms with Crippen molar-refractivity contribution < 1.29 is 17.8 Å². The SMILES string of the molecule is Cc1cc2ccccc2o1.Cc1ccccn1.Cc1ccco1.Cc1ccoc1.Cc1ccsc1.Cc1cnoc1. The molecule has 6 aromatic heterocycles. The number of rotatable bonds is 0. The van der Waals surface area contributed by atoms with Gasteiger partial charge in [0, 0.05) is 22.8 Å². The fourth-order valence-corrected chi connectivity index (χ4v) is 3.51. The van der Waals surface area contributed by atoms with Gasteiger partial charge in [-0.2, -0.15) is 11.3 Å². The van der Waals surface area contributed by atoms with Crippen LogP contribution in [0, 0.1) is 41.5 Å². The highest BCUT2D eigenvalue weighted by molar-refractivity contribution is 7.07. The average Bonchev–Trinajstić information content (AvgIpc) is 3.80. The fourth-order valence-electron chi connectivity index (χ4n) is 2.85. The van der Waals surface area contributed by atoms with Crippen LogP contribution in [0.4, 0.5) is 0 Å². The Bertz CT molecular complexity index is 1360. The highest BCUT2D eigenvalue weighted by atomic mass is 32.1. The van der Waals surface area contributed by atoms with Crippen LogP contribution in [0.5, 0.6) is 0 Å². The first-order valence-corrected chi connectivity index (χ1v) is 13.9. The van der Waals surface area contributed by atoms with Gasteiger partial charge in [-0.15, -0.1) is 0 Å². The number of aromatic nitrogens is 2. The van der Waals surface area contributed by atoms with Crippen LogP contribution in [0.3, 0.4) is 0 Å². The summed E-state index contributed by atoms with van der Waals surface area (Å²) in [6.45, 7) is 11.9. The molecule has 0 N–H and O–H groups in total. The second-order valence-corrected chi connectivity index (χ2v) is 9.67. The smallest absolute Gasteiger partial charge is 0.134 e. The van der Waals surface area contributed by atoms with E-state index in [0.717, 1.165) is 28.4 Å². The average molecular weight is 571 g/mol. The van der Waals surface area contributed by atoms with Crippen molar-refractivity contribution in [2.45, 2.75) is 41.5 Å². The number of thiophene rings is 1. The molecular formula is C34H38N2O4S. The third-order valence-corrected chi connectivity index (χ3v) is 5.71. The van der Waals surface area contributed by atoms with E-state index in [4.69, 9.17) is 13.3 Å². The second kappa shape index (κ2) is 19.4. The Labute approximate surface area is 246 Å². The molecular weight excluding hydrogens is 532 g/mol. The minimum atomic E-state index is 0.968. The van der Waals surface area contributed by atoms with Crippen LogP contribution in [0.2, 0.25) is 0 Å². The van der Waals surface area contributed by atoms with Crippen molar-refractivity contribution in [3.8, 4) is 0 Å². The Morgan fingerprint density at radius 1 is 0.683 bits per heavy atom. The first-order valence-electron chi connectivity index (χ1n) is 13.0. The first kappa shape index (κ1) is 32.6. The lowest BCUT2D eigenvalue weighted by atomic mass is 10.2. The molecule has 6 nitrogen and oxygen atoms in total. The Balaban J connectivity index is 0.000000175. The first-order chi connectivity index (χ1) is 19.8. The van der Waals surface area contributed by atoms with E-state index < -0.39 is 0 Å². The molecule has 0 aliphatic rings. The van der Waals surface area contributed by atoms with Crippen LogP contribution in [-0.4, -0.2) is 10.1 Å². The van der Waals surface area contributed by atoms with E-state index in [1.807, 2.05) is 101 Å². The Hall–Kier alpha value is -4.62. The third-order valence-electron chi connectivity index (χ3n) is 4.91. The van der Waals surface area contributed by atoms with Gasteiger partial charge in [-0.25, -0.2) is 0 Å². The molecule has 0 atom stereocenters. The number of nitrogens with zero attached hydrogens (tertiary/aromatic N) is 2. The van der Waals surface area contributed by atoms with E-state index in [2.05, 4.69) is 38.4 Å². The highest BCUT2D eigenvalue weighted by Crippen LogP contribution is 2.17. The van der Waals surface area contributed by atoms with E-state index >= 15 is 0 Å². The lowest BCUT2D eigenvalue weighted by Crippen LogP contribution is -1.72. The van der Waals surface area contributed by atoms with Crippen molar-refractivity contribution in [3.05, 3.63) is 155 Å². The maximum Gasteiger partial charge on any atom is 0.134 e. The summed E-state index contributed by atoms with van der Waals surface area (Å²) in [5.74, 6) is 1.94. The predicted molar refractivity (Wildman–Crippen MR) is 167 cm³/mol. The summed E-state index contributed by atoms with van der Waals surface area (Å²) < 4.78 is 19.4. The maximum atomic E-state index is 5.37. The molecule has 0 radical (unpaired) electrons. The summed E-state index contributed by atoms with van der Waals surface area (Å²) in [6.07, 6.45) is 10.1. The summed E-state index contributed by atoms with van der Waals surface area (Å²) in [5.41, 5.74) is 5.65. The summed E-state index contributed by atoms with van der Waals surface area (Å²) in [5, 5.41) is 8.83. The van der Waals surface area contributed by atoms with Gasteiger partial charge in [-0.3, -0.25) is 4.98 Å². The Kier molecular flexibility index (Phi) is 15.5. The van der Waals surface area contributed by atoms with Crippen LogP contribution in [0.1, 0.15) is 33.9 Å². The summed E-state index contributed by atoms with van der Waals surface area (Å²) in [6, 6.07) is 23.7. The molecule has 0 saturated heterocycles. The molecule has 41 heavy (non-hydrogen) atoms. The molecule has 214 valence electrons. The van der Waals surface area contributed by atoms with Gasteiger partial charge in [-0.05, 0) is 112 Å². The zero-order valence-electron chi connectivity index (χ0n) is 24.5. The second-order valence-electron chi connectivity index (χ2n) is 8.89. The van der Waals surface area contributed by atoms with E-state index in [1.54, 1.807) is 48.8 Å². The molecule has 0 aliphatic heterocycles. The fraction of sp³-hybridized carbons (Fsp3) is 0.176. The zero-order chi connectivity index (χ0) is 29.7. The van der Waals surface area contributed by atoms with Crippen LogP contribution >= 0.6 is 11.3 Å². The van der Waals surface area contributed by atoms with Crippen molar-refractivity contribution in [1.82, 2.24) is 10.1 Å². The molecule has 0 bridgehead atoms. The standard InChI is InChI=1S/C9H8O.C6H7N.2C5H6O.C5H6S.C4H5NO/c1-7-6-8-4-2-3-5-9(8)10-7;1-6-4-2-3-5-7-6;1-5-2-3-6-4-5;1-5-3-2-4-6-5;1-5-2-3-6-4-5;1-4-2-5-6-3-4/h2-6H,1H3;2-5H,1H3;3*2-4H,1H3;2-3H,1H3. The van der Waals surface area contributed by atoms with Crippen molar-refractivity contribution >= 4 is 22.3 Å². The summed E-state index contributed by atoms with van der Waals surface area (Å²) in [7, 11) is 0. The normalized spacial score (nSPS) is 9.22. The molecule has 7 aromatic rings. The van der Waals surface area contributed by atoms with E-state index in [0.29, 0.717) is 0 Å². The summed E-state index contributed by atoms with van der Waals surface area (Å²) in [4.78, 5) is 3.98. The van der Waals surface area contributed by atoms with E-state index in [1.165, 1.54) is 16.5 Å². The molecule has 0 fully saturated rings. The zero-order valence-corrected chi connectivity index (χ0v) is 25.3. The highest BCUT2D eigenvalue weighted by Gasteiger charge is 1.95. The molecule has 0 unspecified atom stereocenters. The number of fused-ring (bicyclic) bond motifs is 1. The minimum absolute atomic E-state index is 0.968.